The lowest BCUT2D eigenvalue weighted by molar-refractivity contribution is 0.118. The minimum atomic E-state index is -0.560. The fraction of sp³-hybridized carbons (Fsp3) is 0.333. The van der Waals surface area contributed by atoms with E-state index in [9.17, 15) is 9.59 Å². The molecule has 0 aliphatic heterocycles. The third kappa shape index (κ3) is 10.5. The summed E-state index contributed by atoms with van der Waals surface area (Å²) in [6, 6.07) is 19.4. The molecule has 2 N–H and O–H groups in total. The standard InChI is InChI=1S/C30H35N5O6/c1-2-35(18-25(15-23-9-5-3-6-10-23)33-29(36)39-20-27-17-31-22-41-27)19-26(16-24-11-7-4-8-12-24)34-30(37)40-21-28-32-13-14-38-28/h3-14,17,22,25-26H,2,15-16,18-21H2,1H3,(H,33,36)(H,34,37)/t25-,26-/m0/s1. The SMILES string of the molecule is CCN(C[C@H](Cc1ccccc1)NC(=O)OCc1cnco1)C[C@H](Cc1ccccc1)NC(=O)OCc1ncco1. The van der Waals surface area contributed by atoms with Gasteiger partial charge in [0.2, 0.25) is 5.89 Å². The summed E-state index contributed by atoms with van der Waals surface area (Å²) in [5, 5.41) is 5.99. The van der Waals surface area contributed by atoms with E-state index < -0.39 is 12.2 Å². The maximum Gasteiger partial charge on any atom is 0.407 e. The van der Waals surface area contributed by atoms with E-state index in [-0.39, 0.29) is 25.3 Å². The van der Waals surface area contributed by atoms with Crippen LogP contribution >= 0.6 is 0 Å². The third-order valence-corrected chi connectivity index (χ3v) is 6.34. The van der Waals surface area contributed by atoms with Crippen LogP contribution in [-0.2, 0) is 35.5 Å². The smallest absolute Gasteiger partial charge is 0.407 e. The van der Waals surface area contributed by atoms with Crippen molar-refractivity contribution in [2.24, 2.45) is 0 Å². The Morgan fingerprint density at radius 2 is 1.44 bits per heavy atom. The van der Waals surface area contributed by atoms with E-state index >= 15 is 0 Å². The molecular formula is C30H35N5O6. The van der Waals surface area contributed by atoms with Gasteiger partial charge in [-0.15, -0.1) is 0 Å². The van der Waals surface area contributed by atoms with Crippen molar-refractivity contribution in [3.05, 3.63) is 108 Å². The molecule has 0 spiro atoms. The number of nitrogens with one attached hydrogen (secondary N) is 2. The second-order valence-electron chi connectivity index (χ2n) is 9.46. The van der Waals surface area contributed by atoms with Crippen LogP contribution in [0.5, 0.6) is 0 Å². The van der Waals surface area contributed by atoms with Crippen LogP contribution in [0.1, 0.15) is 29.7 Å². The normalized spacial score (nSPS) is 12.4. The first-order chi connectivity index (χ1) is 20.1. The molecule has 11 heteroatoms. The van der Waals surface area contributed by atoms with E-state index in [1.165, 1.54) is 25.1 Å². The maximum atomic E-state index is 12.7. The van der Waals surface area contributed by atoms with Gasteiger partial charge in [-0.05, 0) is 30.5 Å². The highest BCUT2D eigenvalue weighted by Gasteiger charge is 2.22. The maximum absolute atomic E-state index is 12.7. The van der Waals surface area contributed by atoms with Crippen molar-refractivity contribution in [2.45, 2.75) is 45.1 Å². The molecule has 0 fully saturated rings. The first-order valence-corrected chi connectivity index (χ1v) is 13.5. The average molecular weight is 562 g/mol. The lowest BCUT2D eigenvalue weighted by Gasteiger charge is -2.30. The van der Waals surface area contributed by atoms with Crippen LogP contribution < -0.4 is 10.6 Å². The number of oxazole rings is 2. The fourth-order valence-corrected chi connectivity index (χ4v) is 4.39. The van der Waals surface area contributed by atoms with E-state index in [1.807, 2.05) is 67.6 Å². The number of rotatable bonds is 15. The Kier molecular flexibility index (Phi) is 11.3. The molecule has 2 atom stereocenters. The Bertz CT molecular complexity index is 1190. The number of carbonyl (C=O) groups is 2. The average Bonchev–Trinajstić information content (AvgIpc) is 3.70. The summed E-state index contributed by atoms with van der Waals surface area (Å²) in [7, 11) is 0. The Labute approximate surface area is 238 Å². The van der Waals surface area contributed by atoms with Gasteiger partial charge >= 0.3 is 12.2 Å². The Balaban J connectivity index is 1.41. The molecule has 0 saturated carbocycles. The van der Waals surface area contributed by atoms with E-state index in [0.29, 0.717) is 44.1 Å². The molecule has 41 heavy (non-hydrogen) atoms. The molecule has 2 aromatic carbocycles. The molecule has 4 aromatic rings. The molecule has 0 radical (unpaired) electrons. The van der Waals surface area contributed by atoms with Crippen molar-refractivity contribution < 1.29 is 27.9 Å². The Morgan fingerprint density at radius 3 is 1.93 bits per heavy atom. The fourth-order valence-electron chi connectivity index (χ4n) is 4.39. The first-order valence-electron chi connectivity index (χ1n) is 13.5. The summed E-state index contributed by atoms with van der Waals surface area (Å²) in [5.41, 5.74) is 2.16. The molecule has 2 heterocycles. The van der Waals surface area contributed by atoms with Crippen LogP contribution in [0.2, 0.25) is 0 Å². The molecule has 0 bridgehead atoms. The molecule has 2 amide bonds. The largest absolute Gasteiger partial charge is 0.446 e. The molecule has 0 unspecified atom stereocenters. The molecule has 0 aliphatic carbocycles. The molecule has 2 aromatic heterocycles. The minimum absolute atomic E-state index is 0.0138. The zero-order valence-corrected chi connectivity index (χ0v) is 23.0. The number of hydrogen-bond donors (Lipinski definition) is 2. The second-order valence-corrected chi connectivity index (χ2v) is 9.46. The number of nitrogens with zero attached hydrogens (tertiary/aromatic N) is 3. The van der Waals surface area contributed by atoms with Gasteiger partial charge < -0.3 is 28.9 Å². The molecule has 0 aliphatic rings. The summed E-state index contributed by atoms with van der Waals surface area (Å²) < 4.78 is 21.0. The van der Waals surface area contributed by atoms with Gasteiger partial charge in [0.1, 0.15) is 6.26 Å². The van der Waals surface area contributed by atoms with Gasteiger partial charge in [-0.3, -0.25) is 4.90 Å². The lowest BCUT2D eigenvalue weighted by atomic mass is 10.0. The molecule has 216 valence electrons. The number of likely N-dealkylation sites (N-methyl/N-ethyl adjacent to an activating group) is 1. The van der Waals surface area contributed by atoms with Gasteiger partial charge in [-0.25, -0.2) is 19.6 Å². The highest BCUT2D eigenvalue weighted by molar-refractivity contribution is 5.68. The number of carbonyl (C=O) groups excluding carboxylic acids is 2. The highest BCUT2D eigenvalue weighted by atomic mass is 16.6. The van der Waals surface area contributed by atoms with Crippen molar-refractivity contribution in [1.29, 1.82) is 0 Å². The summed E-state index contributed by atoms with van der Waals surface area (Å²) in [6.07, 6.45) is 5.81. The van der Waals surface area contributed by atoms with Gasteiger partial charge in [0.15, 0.2) is 25.4 Å². The van der Waals surface area contributed by atoms with Crippen LogP contribution in [0.4, 0.5) is 9.59 Å². The van der Waals surface area contributed by atoms with Gasteiger partial charge in [-0.1, -0.05) is 67.6 Å². The van der Waals surface area contributed by atoms with Crippen LogP contribution in [0.15, 0.2) is 94.5 Å². The number of ether oxygens (including phenoxy) is 2. The quantitative estimate of drug-likeness (QED) is 0.217. The van der Waals surface area contributed by atoms with Crippen LogP contribution in [0, 0.1) is 0 Å². The summed E-state index contributed by atoms with van der Waals surface area (Å²) in [6.45, 7) is 3.72. The first kappa shape index (κ1) is 29.3. The lowest BCUT2D eigenvalue weighted by Crippen LogP contribution is -2.50. The van der Waals surface area contributed by atoms with Gasteiger partial charge in [0, 0.05) is 25.2 Å². The topological polar surface area (TPSA) is 132 Å². The predicted octanol–water partition coefficient (Wildman–Crippen LogP) is 4.36. The van der Waals surface area contributed by atoms with Crippen molar-refractivity contribution in [2.75, 3.05) is 19.6 Å². The van der Waals surface area contributed by atoms with E-state index in [4.69, 9.17) is 18.3 Å². The van der Waals surface area contributed by atoms with Crippen molar-refractivity contribution in [1.82, 2.24) is 25.5 Å². The molecular weight excluding hydrogens is 526 g/mol. The number of hydrogen-bond acceptors (Lipinski definition) is 9. The van der Waals surface area contributed by atoms with Crippen molar-refractivity contribution in [3.63, 3.8) is 0 Å². The molecule has 11 nitrogen and oxygen atoms in total. The number of benzene rings is 2. The summed E-state index contributed by atoms with van der Waals surface area (Å²) >= 11 is 0. The summed E-state index contributed by atoms with van der Waals surface area (Å²) in [5.74, 6) is 0.777. The van der Waals surface area contributed by atoms with Crippen LogP contribution in [0.25, 0.3) is 0 Å². The number of amides is 2. The second kappa shape index (κ2) is 15.8. The number of alkyl carbamates (subject to hydrolysis) is 2. The van der Waals surface area contributed by atoms with Crippen molar-refractivity contribution in [3.8, 4) is 0 Å². The zero-order chi connectivity index (χ0) is 28.7. The van der Waals surface area contributed by atoms with E-state index in [1.54, 1.807) is 0 Å². The third-order valence-electron chi connectivity index (χ3n) is 6.34. The highest BCUT2D eigenvalue weighted by Crippen LogP contribution is 2.10. The minimum Gasteiger partial charge on any atom is -0.446 e. The number of aromatic nitrogens is 2. The van der Waals surface area contributed by atoms with Crippen molar-refractivity contribution >= 4 is 12.2 Å². The molecule has 0 saturated heterocycles. The van der Waals surface area contributed by atoms with Gasteiger partial charge in [0.05, 0.1) is 12.4 Å². The van der Waals surface area contributed by atoms with E-state index in [2.05, 4.69) is 25.5 Å². The Morgan fingerprint density at radius 1 is 0.854 bits per heavy atom. The van der Waals surface area contributed by atoms with Crippen LogP contribution in [-0.4, -0.2) is 58.8 Å². The zero-order valence-electron chi connectivity index (χ0n) is 23.0. The van der Waals surface area contributed by atoms with E-state index in [0.717, 1.165) is 11.1 Å². The predicted molar refractivity (Wildman–Crippen MR) is 150 cm³/mol. The summed E-state index contributed by atoms with van der Waals surface area (Å²) in [4.78, 5) is 35.4. The van der Waals surface area contributed by atoms with Crippen LogP contribution in [0.3, 0.4) is 0 Å². The Hall–Kier alpha value is -4.64. The van der Waals surface area contributed by atoms with Gasteiger partial charge in [0.25, 0.3) is 0 Å². The molecule has 4 rings (SSSR count). The monoisotopic (exact) mass is 561 g/mol. The van der Waals surface area contributed by atoms with Gasteiger partial charge in [-0.2, -0.15) is 0 Å².